The van der Waals surface area contributed by atoms with E-state index in [1.54, 1.807) is 0 Å². The highest BCUT2D eigenvalue weighted by atomic mass is 16.3. The molecule has 0 aliphatic heterocycles. The molecule has 2 heterocycles. The summed E-state index contributed by atoms with van der Waals surface area (Å²) in [6, 6.07) is 53.0. The molecule has 9 rings (SSSR count). The maximum absolute atomic E-state index is 6.86. The molecule has 3 heteroatoms. The predicted octanol–water partition coefficient (Wildman–Crippen LogP) is 11.8. The van der Waals surface area contributed by atoms with Crippen LogP contribution in [0.25, 0.3) is 65.8 Å². The normalized spacial score (nSPS) is 11.7. The van der Waals surface area contributed by atoms with Crippen molar-refractivity contribution in [1.82, 2.24) is 0 Å². The van der Waals surface area contributed by atoms with Crippen molar-refractivity contribution in [2.75, 3.05) is 4.90 Å². The van der Waals surface area contributed by atoms with Gasteiger partial charge in [-0.1, -0.05) is 103 Å². The van der Waals surface area contributed by atoms with Crippen LogP contribution in [0.5, 0.6) is 0 Å². The van der Waals surface area contributed by atoms with Crippen molar-refractivity contribution in [3.05, 3.63) is 152 Å². The Morgan fingerprint density at radius 1 is 0.395 bits per heavy atom. The van der Waals surface area contributed by atoms with Gasteiger partial charge >= 0.3 is 0 Å². The first-order valence-electron chi connectivity index (χ1n) is 14.5. The van der Waals surface area contributed by atoms with E-state index in [1.165, 1.54) is 21.9 Å². The quantitative estimate of drug-likeness (QED) is 0.218. The summed E-state index contributed by atoms with van der Waals surface area (Å²) in [6.07, 6.45) is 0. The van der Waals surface area contributed by atoms with Crippen molar-refractivity contribution in [2.45, 2.75) is 0 Å². The van der Waals surface area contributed by atoms with E-state index in [4.69, 9.17) is 8.83 Å². The summed E-state index contributed by atoms with van der Waals surface area (Å²) >= 11 is 0. The van der Waals surface area contributed by atoms with Crippen LogP contribution in [0, 0.1) is 0 Å². The molecule has 2 aromatic heterocycles. The largest absolute Gasteiger partial charge is 0.456 e. The summed E-state index contributed by atoms with van der Waals surface area (Å²) in [5.41, 5.74) is 8.91. The van der Waals surface area contributed by atoms with Crippen molar-refractivity contribution in [2.24, 2.45) is 0 Å². The van der Waals surface area contributed by atoms with Gasteiger partial charge in [-0.25, -0.2) is 0 Å². The number of anilines is 3. The average Bonchev–Trinajstić information content (AvgIpc) is 3.64. The maximum atomic E-state index is 6.86. The molecule has 0 saturated heterocycles. The second kappa shape index (κ2) is 9.37. The van der Waals surface area contributed by atoms with Gasteiger partial charge in [0.1, 0.15) is 16.7 Å². The number of hydrogen-bond acceptors (Lipinski definition) is 3. The molecule has 0 N–H and O–H groups in total. The minimum atomic E-state index is 0.855. The fraction of sp³-hybridized carbons (Fsp3) is 0. The molecule has 43 heavy (non-hydrogen) atoms. The standard InChI is InChI=1S/C40H25NO2/c1-3-12-26(13-4-1)33-25-38-39(31-18-8-7-16-29(31)33)32-19-11-20-35(40(32)43-38)41(27-14-5-2-6-15-27)28-22-23-37-34(24-28)30-17-9-10-21-36(30)42-37/h1-25H. The van der Waals surface area contributed by atoms with Crippen LogP contribution in [-0.4, -0.2) is 0 Å². The van der Waals surface area contributed by atoms with Crippen LogP contribution in [0.2, 0.25) is 0 Å². The van der Waals surface area contributed by atoms with Gasteiger partial charge in [-0.05, 0) is 70.4 Å². The number of para-hydroxylation sites is 3. The maximum Gasteiger partial charge on any atom is 0.159 e. The van der Waals surface area contributed by atoms with Gasteiger partial charge < -0.3 is 13.7 Å². The third-order valence-corrected chi connectivity index (χ3v) is 8.44. The zero-order valence-corrected chi connectivity index (χ0v) is 23.2. The van der Waals surface area contributed by atoms with E-state index in [0.29, 0.717) is 0 Å². The van der Waals surface area contributed by atoms with Crippen molar-refractivity contribution in [3.63, 3.8) is 0 Å². The number of benzene rings is 7. The van der Waals surface area contributed by atoms with Crippen LogP contribution in [0.3, 0.4) is 0 Å². The van der Waals surface area contributed by atoms with Crippen LogP contribution in [0.15, 0.2) is 160 Å². The van der Waals surface area contributed by atoms with Gasteiger partial charge in [0.25, 0.3) is 0 Å². The lowest BCUT2D eigenvalue weighted by molar-refractivity contribution is 0.669. The zero-order chi connectivity index (χ0) is 28.3. The highest BCUT2D eigenvalue weighted by molar-refractivity contribution is 6.23. The van der Waals surface area contributed by atoms with Crippen LogP contribution >= 0.6 is 0 Å². The van der Waals surface area contributed by atoms with Crippen LogP contribution in [0.1, 0.15) is 0 Å². The van der Waals surface area contributed by atoms with Gasteiger partial charge in [-0.3, -0.25) is 0 Å². The number of fused-ring (bicyclic) bond motifs is 8. The first-order valence-corrected chi connectivity index (χ1v) is 14.5. The monoisotopic (exact) mass is 551 g/mol. The lowest BCUT2D eigenvalue weighted by Crippen LogP contribution is -2.10. The minimum Gasteiger partial charge on any atom is -0.456 e. The van der Waals surface area contributed by atoms with E-state index in [2.05, 4.69) is 138 Å². The molecule has 0 amide bonds. The predicted molar refractivity (Wildman–Crippen MR) is 179 cm³/mol. The van der Waals surface area contributed by atoms with Gasteiger partial charge in [0.05, 0.1) is 5.69 Å². The van der Waals surface area contributed by atoms with Gasteiger partial charge in [-0.2, -0.15) is 0 Å². The van der Waals surface area contributed by atoms with Crippen molar-refractivity contribution >= 4 is 71.7 Å². The fourth-order valence-corrected chi connectivity index (χ4v) is 6.54. The lowest BCUT2D eigenvalue weighted by Gasteiger charge is -2.25. The van der Waals surface area contributed by atoms with Gasteiger partial charge in [0.2, 0.25) is 0 Å². The highest BCUT2D eigenvalue weighted by Gasteiger charge is 2.22. The summed E-state index contributed by atoms with van der Waals surface area (Å²) in [5, 5.41) is 6.83. The third kappa shape index (κ3) is 3.68. The van der Waals surface area contributed by atoms with E-state index in [9.17, 15) is 0 Å². The Morgan fingerprint density at radius 2 is 1.07 bits per heavy atom. The van der Waals surface area contributed by atoms with E-state index < -0.39 is 0 Å². The molecule has 9 aromatic rings. The molecule has 0 aliphatic rings. The van der Waals surface area contributed by atoms with E-state index in [1.807, 2.05) is 18.2 Å². The summed E-state index contributed by atoms with van der Waals surface area (Å²) in [6.45, 7) is 0. The van der Waals surface area contributed by atoms with Gasteiger partial charge in [-0.15, -0.1) is 0 Å². The summed E-state index contributed by atoms with van der Waals surface area (Å²) in [4.78, 5) is 2.28. The molecule has 0 aliphatic carbocycles. The molecule has 0 fully saturated rings. The number of furan rings is 2. The number of nitrogens with zero attached hydrogens (tertiary/aromatic N) is 1. The Bertz CT molecular complexity index is 2450. The second-order valence-electron chi connectivity index (χ2n) is 10.9. The molecule has 0 spiro atoms. The molecule has 3 nitrogen and oxygen atoms in total. The molecule has 0 radical (unpaired) electrons. The molecular formula is C40H25NO2. The number of hydrogen-bond donors (Lipinski definition) is 0. The third-order valence-electron chi connectivity index (χ3n) is 8.44. The van der Waals surface area contributed by atoms with Gasteiger partial charge in [0.15, 0.2) is 5.58 Å². The topological polar surface area (TPSA) is 29.5 Å². The number of rotatable bonds is 4. The van der Waals surface area contributed by atoms with Crippen LogP contribution in [0.4, 0.5) is 17.1 Å². The average molecular weight is 552 g/mol. The van der Waals surface area contributed by atoms with E-state index in [0.717, 1.165) is 60.9 Å². The van der Waals surface area contributed by atoms with E-state index >= 15 is 0 Å². The second-order valence-corrected chi connectivity index (χ2v) is 10.9. The Hall–Kier alpha value is -5.80. The van der Waals surface area contributed by atoms with Crippen LogP contribution < -0.4 is 4.90 Å². The molecule has 0 saturated carbocycles. The SMILES string of the molecule is c1ccc(-c2cc3oc4c(N(c5ccccc5)c5ccc6oc7ccccc7c6c5)cccc4c3c3ccccc23)cc1. The first-order chi connectivity index (χ1) is 21.3. The first kappa shape index (κ1) is 23.9. The van der Waals surface area contributed by atoms with Crippen molar-refractivity contribution < 1.29 is 8.83 Å². The molecule has 7 aromatic carbocycles. The lowest BCUT2D eigenvalue weighted by atomic mass is 9.95. The highest BCUT2D eigenvalue weighted by Crippen LogP contribution is 2.46. The zero-order valence-electron chi connectivity index (χ0n) is 23.2. The van der Waals surface area contributed by atoms with E-state index in [-0.39, 0.29) is 0 Å². The Kier molecular flexibility index (Phi) is 5.20. The Labute approximate surface area is 247 Å². The molecule has 202 valence electrons. The molecule has 0 unspecified atom stereocenters. The molecule has 0 atom stereocenters. The van der Waals surface area contributed by atoms with Crippen molar-refractivity contribution in [3.8, 4) is 11.1 Å². The molecular weight excluding hydrogens is 526 g/mol. The van der Waals surface area contributed by atoms with Crippen molar-refractivity contribution in [1.29, 1.82) is 0 Å². The Morgan fingerprint density at radius 3 is 1.91 bits per heavy atom. The Balaban J connectivity index is 1.34. The summed E-state index contributed by atoms with van der Waals surface area (Å²) in [7, 11) is 0. The minimum absolute atomic E-state index is 0.855. The summed E-state index contributed by atoms with van der Waals surface area (Å²) < 4.78 is 13.0. The smallest absolute Gasteiger partial charge is 0.159 e. The summed E-state index contributed by atoms with van der Waals surface area (Å²) in [5.74, 6) is 0. The molecule has 0 bridgehead atoms. The van der Waals surface area contributed by atoms with Gasteiger partial charge in [0, 0.05) is 32.9 Å². The fourth-order valence-electron chi connectivity index (χ4n) is 6.54. The van der Waals surface area contributed by atoms with Crippen LogP contribution in [-0.2, 0) is 0 Å².